The lowest BCUT2D eigenvalue weighted by molar-refractivity contribution is 0.0115. The molecule has 1 fully saturated rings. The van der Waals surface area contributed by atoms with Crippen molar-refractivity contribution in [3.8, 4) is 0 Å². The molecule has 1 aromatic carbocycles. The van der Waals surface area contributed by atoms with Gasteiger partial charge in [0.25, 0.3) is 5.91 Å². The summed E-state index contributed by atoms with van der Waals surface area (Å²) in [4.78, 5) is 23.0. The Morgan fingerprint density at radius 1 is 1.36 bits per heavy atom. The van der Waals surface area contributed by atoms with Gasteiger partial charge >= 0.3 is 0 Å². The summed E-state index contributed by atoms with van der Waals surface area (Å²) in [7, 11) is 0. The zero-order valence-electron chi connectivity index (χ0n) is 14.4. The van der Waals surface area contributed by atoms with Crippen LogP contribution in [-0.2, 0) is 6.42 Å². The molecule has 25 heavy (non-hydrogen) atoms. The number of aliphatic hydroxyl groups is 1. The van der Waals surface area contributed by atoms with E-state index in [1.807, 2.05) is 0 Å². The van der Waals surface area contributed by atoms with Gasteiger partial charge in [-0.2, -0.15) is 0 Å². The third-order valence-electron chi connectivity index (χ3n) is 4.72. The average molecular weight is 343 g/mol. The Kier molecular flexibility index (Phi) is 5.08. The van der Waals surface area contributed by atoms with Crippen molar-refractivity contribution in [1.82, 2.24) is 14.9 Å². The molecule has 1 saturated heterocycles. The molecule has 0 saturated carbocycles. The SMILES string of the molecule is Cc1ncc(C(=O)N2CCC[C@H](O)[C@@H]2Cc2ccccc2F)c(C)n1. The van der Waals surface area contributed by atoms with Crippen LogP contribution in [-0.4, -0.2) is 44.6 Å². The number of aliphatic hydroxyl groups excluding tert-OH is 1. The second-order valence-electron chi connectivity index (χ2n) is 6.49. The third-order valence-corrected chi connectivity index (χ3v) is 4.72. The molecule has 2 aromatic rings. The lowest BCUT2D eigenvalue weighted by Crippen LogP contribution is -2.52. The van der Waals surface area contributed by atoms with Gasteiger partial charge in [0, 0.05) is 12.7 Å². The summed E-state index contributed by atoms with van der Waals surface area (Å²) in [6.45, 7) is 4.07. The highest BCUT2D eigenvalue weighted by Gasteiger charge is 2.35. The van der Waals surface area contributed by atoms with Gasteiger partial charge in [0.05, 0.1) is 23.4 Å². The molecule has 0 aliphatic carbocycles. The maximum Gasteiger partial charge on any atom is 0.257 e. The predicted molar refractivity (Wildman–Crippen MR) is 91.7 cm³/mol. The minimum Gasteiger partial charge on any atom is -0.391 e. The Bertz CT molecular complexity index is 781. The van der Waals surface area contributed by atoms with E-state index < -0.39 is 12.1 Å². The quantitative estimate of drug-likeness (QED) is 0.930. The van der Waals surface area contributed by atoms with Gasteiger partial charge in [-0.1, -0.05) is 18.2 Å². The number of halogens is 1. The van der Waals surface area contributed by atoms with Gasteiger partial charge in [-0.15, -0.1) is 0 Å². The van der Waals surface area contributed by atoms with Gasteiger partial charge in [0.2, 0.25) is 0 Å². The maximum absolute atomic E-state index is 14.0. The molecule has 3 rings (SSSR count). The standard InChI is InChI=1S/C19H22FN3O2/c1-12-15(11-21-13(2)22-12)19(25)23-9-5-8-18(24)17(23)10-14-6-3-4-7-16(14)20/h3-4,6-7,11,17-18,24H,5,8-10H2,1-2H3/t17-,18-/m0/s1. The normalized spacial score (nSPS) is 20.6. The number of rotatable bonds is 3. The molecular weight excluding hydrogens is 321 g/mol. The van der Waals surface area contributed by atoms with Crippen LogP contribution in [0.15, 0.2) is 30.5 Å². The van der Waals surface area contributed by atoms with E-state index in [0.29, 0.717) is 42.0 Å². The highest BCUT2D eigenvalue weighted by Crippen LogP contribution is 2.25. The largest absolute Gasteiger partial charge is 0.391 e. The smallest absolute Gasteiger partial charge is 0.257 e. The second kappa shape index (κ2) is 7.27. The van der Waals surface area contributed by atoms with Crippen molar-refractivity contribution in [2.45, 2.75) is 45.3 Å². The molecule has 0 unspecified atom stereocenters. The lowest BCUT2D eigenvalue weighted by atomic mass is 9.92. The maximum atomic E-state index is 14.0. The highest BCUT2D eigenvalue weighted by atomic mass is 19.1. The molecule has 0 spiro atoms. The first kappa shape index (κ1) is 17.5. The van der Waals surface area contributed by atoms with E-state index in [2.05, 4.69) is 9.97 Å². The topological polar surface area (TPSA) is 66.3 Å². The number of nitrogens with zero attached hydrogens (tertiary/aromatic N) is 3. The van der Waals surface area contributed by atoms with Crippen molar-refractivity contribution in [3.05, 3.63) is 58.9 Å². The molecule has 1 N–H and O–H groups in total. The van der Waals surface area contributed by atoms with Gasteiger partial charge in [-0.3, -0.25) is 4.79 Å². The van der Waals surface area contributed by atoms with Crippen molar-refractivity contribution in [1.29, 1.82) is 0 Å². The van der Waals surface area contributed by atoms with Crippen molar-refractivity contribution in [2.24, 2.45) is 0 Å². The number of benzene rings is 1. The first-order chi connectivity index (χ1) is 12.0. The Morgan fingerprint density at radius 2 is 2.12 bits per heavy atom. The van der Waals surface area contributed by atoms with Gasteiger partial charge in [-0.25, -0.2) is 14.4 Å². The number of carbonyl (C=O) groups is 1. The number of hydrogen-bond donors (Lipinski definition) is 1. The summed E-state index contributed by atoms with van der Waals surface area (Å²) >= 11 is 0. The fourth-order valence-electron chi connectivity index (χ4n) is 3.37. The number of piperidine rings is 1. The van der Waals surface area contributed by atoms with E-state index in [0.717, 1.165) is 0 Å². The summed E-state index contributed by atoms with van der Waals surface area (Å²) in [6, 6.07) is 6.02. The average Bonchev–Trinajstić information content (AvgIpc) is 2.58. The monoisotopic (exact) mass is 343 g/mol. The van der Waals surface area contributed by atoms with Crippen LogP contribution < -0.4 is 0 Å². The molecule has 1 aliphatic rings. The number of carbonyl (C=O) groups excluding carboxylic acids is 1. The van der Waals surface area contributed by atoms with Crippen LogP contribution >= 0.6 is 0 Å². The fourth-order valence-corrected chi connectivity index (χ4v) is 3.37. The van der Waals surface area contributed by atoms with Crippen LogP contribution in [0.4, 0.5) is 4.39 Å². The Labute approximate surface area is 146 Å². The van der Waals surface area contributed by atoms with Crippen LogP contribution in [0.1, 0.15) is 40.3 Å². The Hall–Kier alpha value is -2.34. The van der Waals surface area contributed by atoms with E-state index in [4.69, 9.17) is 0 Å². The molecular formula is C19H22FN3O2. The van der Waals surface area contributed by atoms with Crippen LogP contribution in [0.2, 0.25) is 0 Å². The van der Waals surface area contributed by atoms with E-state index >= 15 is 0 Å². The minimum absolute atomic E-state index is 0.211. The Morgan fingerprint density at radius 3 is 2.84 bits per heavy atom. The van der Waals surface area contributed by atoms with Crippen molar-refractivity contribution in [3.63, 3.8) is 0 Å². The summed E-state index contributed by atoms with van der Waals surface area (Å²) in [5.74, 6) is 0.0794. The number of aromatic nitrogens is 2. The summed E-state index contributed by atoms with van der Waals surface area (Å²) in [5, 5.41) is 10.5. The number of aryl methyl sites for hydroxylation is 2. The van der Waals surface area contributed by atoms with Crippen molar-refractivity contribution < 1.29 is 14.3 Å². The van der Waals surface area contributed by atoms with Crippen LogP contribution in [0, 0.1) is 19.7 Å². The van der Waals surface area contributed by atoms with Gasteiger partial charge in [-0.05, 0) is 44.7 Å². The Balaban J connectivity index is 1.89. The minimum atomic E-state index is -0.677. The first-order valence-electron chi connectivity index (χ1n) is 8.50. The number of hydrogen-bond acceptors (Lipinski definition) is 4. The molecule has 0 bridgehead atoms. The fraction of sp³-hybridized carbons (Fsp3) is 0.421. The van der Waals surface area contributed by atoms with Gasteiger partial charge in [0.1, 0.15) is 11.6 Å². The van der Waals surface area contributed by atoms with Crippen LogP contribution in [0.3, 0.4) is 0 Å². The third kappa shape index (κ3) is 3.69. The molecule has 2 atom stereocenters. The van der Waals surface area contributed by atoms with E-state index in [1.54, 1.807) is 36.9 Å². The predicted octanol–water partition coefficient (Wildman–Crippen LogP) is 2.44. The number of amides is 1. The second-order valence-corrected chi connectivity index (χ2v) is 6.49. The molecule has 0 radical (unpaired) electrons. The van der Waals surface area contributed by atoms with E-state index in [1.165, 1.54) is 12.3 Å². The van der Waals surface area contributed by atoms with Gasteiger partial charge < -0.3 is 10.0 Å². The number of likely N-dealkylation sites (tertiary alicyclic amines) is 1. The van der Waals surface area contributed by atoms with Crippen molar-refractivity contribution in [2.75, 3.05) is 6.54 Å². The molecule has 1 aliphatic heterocycles. The summed E-state index contributed by atoms with van der Waals surface area (Å²) in [6.07, 6.45) is 2.45. The molecule has 132 valence electrons. The highest BCUT2D eigenvalue weighted by molar-refractivity contribution is 5.95. The van der Waals surface area contributed by atoms with E-state index in [9.17, 15) is 14.3 Å². The zero-order valence-corrected chi connectivity index (χ0v) is 14.4. The van der Waals surface area contributed by atoms with Crippen molar-refractivity contribution >= 4 is 5.91 Å². The van der Waals surface area contributed by atoms with Gasteiger partial charge in [0.15, 0.2) is 0 Å². The summed E-state index contributed by atoms with van der Waals surface area (Å²) in [5.41, 5.74) is 1.54. The summed E-state index contributed by atoms with van der Waals surface area (Å²) < 4.78 is 14.0. The van der Waals surface area contributed by atoms with E-state index in [-0.39, 0.29) is 18.1 Å². The van der Waals surface area contributed by atoms with Crippen LogP contribution in [0.5, 0.6) is 0 Å². The van der Waals surface area contributed by atoms with Crippen LogP contribution in [0.25, 0.3) is 0 Å². The molecule has 5 nitrogen and oxygen atoms in total. The molecule has 6 heteroatoms. The lowest BCUT2D eigenvalue weighted by Gasteiger charge is -2.39. The molecule has 1 amide bonds. The first-order valence-corrected chi connectivity index (χ1v) is 8.50. The molecule has 2 heterocycles. The zero-order chi connectivity index (χ0) is 18.0. The molecule has 1 aromatic heterocycles.